The van der Waals surface area contributed by atoms with E-state index >= 15 is 0 Å². The van der Waals surface area contributed by atoms with E-state index in [4.69, 9.17) is 5.73 Å². The van der Waals surface area contributed by atoms with Gasteiger partial charge in [0.1, 0.15) is 0 Å². The molecule has 0 atom stereocenters. The van der Waals surface area contributed by atoms with E-state index in [0.29, 0.717) is 5.56 Å². The molecule has 0 aliphatic rings. The van der Waals surface area contributed by atoms with Crippen LogP contribution in [0.5, 0.6) is 0 Å². The summed E-state index contributed by atoms with van der Waals surface area (Å²) < 4.78 is 0. The first-order valence-corrected chi connectivity index (χ1v) is 8.69. The predicted molar refractivity (Wildman–Crippen MR) is 72.4 cm³/mol. The maximum Gasteiger partial charge on any atom is 0.248 e. The normalized spacial score (nSPS) is 12.5. The molecular weight excluding hydrogens is 230 g/mol. The van der Waals surface area contributed by atoms with Crippen molar-refractivity contribution >= 4 is 14.2 Å². The highest BCUT2D eigenvalue weighted by molar-refractivity contribution is 6.72. The fourth-order valence-electron chi connectivity index (χ4n) is 1.51. The van der Waals surface area contributed by atoms with Crippen LogP contribution in [0.25, 0.3) is 0 Å². The number of nitrogens with two attached hydrogens (primary N) is 1. The monoisotopic (exact) mass is 251 g/mol. The Balaban J connectivity index is 2.86. The number of hydrogen-bond donors (Lipinski definition) is 2. The van der Waals surface area contributed by atoms with Crippen LogP contribution in [0.15, 0.2) is 24.3 Å². The molecule has 0 saturated carbocycles. The van der Waals surface area contributed by atoms with Gasteiger partial charge in [0.15, 0.2) is 8.32 Å². The lowest BCUT2D eigenvalue weighted by Crippen LogP contribution is -2.40. The lowest BCUT2D eigenvalue weighted by molar-refractivity contribution is 0.100. The fourth-order valence-corrected chi connectivity index (χ4v) is 2.15. The number of primary amides is 1. The zero-order valence-electron chi connectivity index (χ0n) is 10.9. The molecule has 0 aliphatic carbocycles. The minimum absolute atomic E-state index is 0.0960. The van der Waals surface area contributed by atoms with Crippen LogP contribution in [-0.4, -0.2) is 19.0 Å². The van der Waals surface area contributed by atoms with E-state index in [-0.39, 0.29) is 5.04 Å². The second-order valence-corrected chi connectivity index (χ2v) is 10.2. The Hall–Kier alpha value is -1.13. The Labute approximate surface area is 104 Å². The van der Waals surface area contributed by atoms with Gasteiger partial charge in [-0.2, -0.15) is 0 Å². The highest BCUT2D eigenvalue weighted by atomic mass is 28.4. The van der Waals surface area contributed by atoms with E-state index in [2.05, 4.69) is 13.8 Å². The van der Waals surface area contributed by atoms with Gasteiger partial charge in [0, 0.05) is 5.56 Å². The van der Waals surface area contributed by atoms with Gasteiger partial charge in [-0.25, -0.2) is 0 Å². The quantitative estimate of drug-likeness (QED) is 0.807. The molecule has 1 aromatic carbocycles. The number of amides is 1. The molecular formula is C13H21NO2Si. The first kappa shape index (κ1) is 13.9. The smallest absolute Gasteiger partial charge is 0.248 e. The van der Waals surface area contributed by atoms with Gasteiger partial charge in [0.2, 0.25) is 5.91 Å². The topological polar surface area (TPSA) is 63.3 Å². The number of hydrogen-bond acceptors (Lipinski definition) is 2. The van der Waals surface area contributed by atoms with Crippen LogP contribution in [0.1, 0.15) is 29.8 Å². The minimum Gasteiger partial charge on any atom is -0.432 e. The lowest BCUT2D eigenvalue weighted by Gasteiger charge is -2.35. The molecule has 0 saturated heterocycles. The van der Waals surface area contributed by atoms with Gasteiger partial charge in [-0.05, 0) is 42.2 Å². The van der Waals surface area contributed by atoms with Crippen LogP contribution in [-0.2, 0) is 6.42 Å². The van der Waals surface area contributed by atoms with Gasteiger partial charge in [-0.1, -0.05) is 26.0 Å². The Bertz CT molecular complexity index is 404. The molecule has 0 aromatic heterocycles. The predicted octanol–water partition coefficient (Wildman–Crippen LogP) is 2.31. The van der Waals surface area contributed by atoms with Crippen molar-refractivity contribution < 1.29 is 9.59 Å². The van der Waals surface area contributed by atoms with Gasteiger partial charge in [0.05, 0.1) is 0 Å². The van der Waals surface area contributed by atoms with Gasteiger partial charge >= 0.3 is 0 Å². The number of carbonyl (C=O) groups is 1. The number of carbonyl (C=O) groups excluding carboxylic acids is 1. The third kappa shape index (κ3) is 3.41. The highest BCUT2D eigenvalue weighted by Gasteiger charge is 2.37. The molecule has 0 unspecified atom stereocenters. The number of benzene rings is 1. The molecule has 17 heavy (non-hydrogen) atoms. The Morgan fingerprint density at radius 3 is 2.12 bits per heavy atom. The molecule has 0 radical (unpaired) electrons. The van der Waals surface area contributed by atoms with Crippen LogP contribution in [0, 0.1) is 0 Å². The summed E-state index contributed by atoms with van der Waals surface area (Å²) in [5.41, 5.74) is 6.83. The van der Waals surface area contributed by atoms with Crippen molar-refractivity contribution in [3.8, 4) is 0 Å². The average molecular weight is 251 g/mol. The molecule has 0 aliphatic heterocycles. The molecule has 1 aromatic rings. The van der Waals surface area contributed by atoms with Crippen molar-refractivity contribution in [2.45, 2.75) is 38.4 Å². The molecule has 1 amide bonds. The van der Waals surface area contributed by atoms with Crippen molar-refractivity contribution in [2.75, 3.05) is 0 Å². The molecule has 3 nitrogen and oxygen atoms in total. The summed E-state index contributed by atoms with van der Waals surface area (Å²) in [4.78, 5) is 21.2. The van der Waals surface area contributed by atoms with Gasteiger partial charge in [-0.3, -0.25) is 4.79 Å². The lowest BCUT2D eigenvalue weighted by atomic mass is 10.0. The van der Waals surface area contributed by atoms with Crippen LogP contribution in [0.2, 0.25) is 18.1 Å². The molecule has 94 valence electrons. The maximum atomic E-state index is 10.9. The van der Waals surface area contributed by atoms with E-state index in [1.807, 2.05) is 25.2 Å². The van der Waals surface area contributed by atoms with Crippen molar-refractivity contribution in [1.29, 1.82) is 0 Å². The van der Waals surface area contributed by atoms with Crippen LogP contribution in [0.3, 0.4) is 0 Å². The van der Waals surface area contributed by atoms with Gasteiger partial charge in [-0.15, -0.1) is 0 Å². The third-order valence-corrected chi connectivity index (χ3v) is 7.03. The highest BCUT2D eigenvalue weighted by Crippen LogP contribution is 2.38. The molecule has 0 spiro atoms. The van der Waals surface area contributed by atoms with E-state index < -0.39 is 14.2 Å². The second-order valence-electron chi connectivity index (χ2n) is 5.68. The largest absolute Gasteiger partial charge is 0.432 e. The van der Waals surface area contributed by atoms with Crippen molar-refractivity contribution in [2.24, 2.45) is 5.73 Å². The summed E-state index contributed by atoms with van der Waals surface area (Å²) >= 11 is 0. The SMILES string of the molecule is CC(C)(Cc1ccc(C(N)=O)cc1)[Si](C)(C)O. The molecule has 0 fully saturated rings. The van der Waals surface area contributed by atoms with Crippen molar-refractivity contribution in [1.82, 2.24) is 0 Å². The van der Waals surface area contributed by atoms with E-state index in [9.17, 15) is 9.59 Å². The second kappa shape index (κ2) is 4.62. The standard InChI is InChI=1S/C13H21NO2Si/c1-13(2,17(3,4)16)9-10-5-7-11(8-6-10)12(14)15/h5-8,16H,9H2,1-4H3,(H2,14,15). The Kier molecular flexibility index (Phi) is 3.79. The van der Waals surface area contributed by atoms with Crippen LogP contribution >= 0.6 is 0 Å². The maximum absolute atomic E-state index is 10.9. The molecule has 3 N–H and O–H groups in total. The van der Waals surface area contributed by atoms with Gasteiger partial charge < -0.3 is 10.5 Å². The van der Waals surface area contributed by atoms with Crippen LogP contribution in [0.4, 0.5) is 0 Å². The Morgan fingerprint density at radius 1 is 1.29 bits per heavy atom. The summed E-state index contributed by atoms with van der Waals surface area (Å²) in [5, 5.41) is -0.0960. The summed E-state index contributed by atoms with van der Waals surface area (Å²) in [6, 6.07) is 7.28. The zero-order valence-corrected chi connectivity index (χ0v) is 11.9. The van der Waals surface area contributed by atoms with E-state index in [1.165, 1.54) is 0 Å². The Morgan fingerprint density at radius 2 is 1.76 bits per heavy atom. The molecule has 0 bridgehead atoms. The zero-order chi connectivity index (χ0) is 13.3. The summed E-state index contributed by atoms with van der Waals surface area (Å²) in [6.07, 6.45) is 0.807. The molecule has 0 heterocycles. The van der Waals surface area contributed by atoms with E-state index in [1.54, 1.807) is 12.1 Å². The fraction of sp³-hybridized carbons (Fsp3) is 0.462. The first-order valence-electron chi connectivity index (χ1n) is 5.74. The number of rotatable bonds is 4. The summed E-state index contributed by atoms with van der Waals surface area (Å²) in [6.45, 7) is 8.07. The summed E-state index contributed by atoms with van der Waals surface area (Å²) in [5.74, 6) is -0.410. The molecule has 1 rings (SSSR count). The summed E-state index contributed by atoms with van der Waals surface area (Å²) in [7, 11) is -2.19. The van der Waals surface area contributed by atoms with E-state index in [0.717, 1.165) is 12.0 Å². The third-order valence-electron chi connectivity index (χ3n) is 3.54. The minimum atomic E-state index is -2.19. The average Bonchev–Trinajstić information content (AvgIpc) is 2.16. The van der Waals surface area contributed by atoms with Crippen molar-refractivity contribution in [3.05, 3.63) is 35.4 Å². The van der Waals surface area contributed by atoms with Gasteiger partial charge in [0.25, 0.3) is 0 Å². The van der Waals surface area contributed by atoms with Crippen molar-refractivity contribution in [3.63, 3.8) is 0 Å². The first-order chi connectivity index (χ1) is 7.63. The molecule has 4 heteroatoms. The van der Waals surface area contributed by atoms with Crippen LogP contribution < -0.4 is 5.73 Å².